The van der Waals surface area contributed by atoms with Crippen molar-refractivity contribution in [3.05, 3.63) is 0 Å². The van der Waals surface area contributed by atoms with Crippen molar-refractivity contribution in [1.29, 1.82) is 0 Å². The van der Waals surface area contributed by atoms with Crippen LogP contribution in [0.1, 0.15) is 26.2 Å². The van der Waals surface area contributed by atoms with Crippen molar-refractivity contribution in [3.8, 4) is 0 Å². The molecule has 0 heterocycles. The van der Waals surface area contributed by atoms with Gasteiger partial charge < -0.3 is 9.84 Å². The van der Waals surface area contributed by atoms with E-state index in [1.807, 2.05) is 6.92 Å². The summed E-state index contributed by atoms with van der Waals surface area (Å²) >= 11 is 0. The van der Waals surface area contributed by atoms with Crippen LogP contribution in [-0.2, 0) is 9.53 Å². The zero-order valence-electron chi connectivity index (χ0n) is 8.51. The molecule has 0 saturated carbocycles. The molecule has 0 aliphatic heterocycles. The van der Waals surface area contributed by atoms with Gasteiger partial charge in [-0.05, 0) is 6.42 Å². The van der Waals surface area contributed by atoms with Gasteiger partial charge in [-0.25, -0.2) is 0 Å². The lowest BCUT2D eigenvalue weighted by Gasteiger charge is -2.15. The van der Waals surface area contributed by atoms with Crippen molar-refractivity contribution in [2.75, 3.05) is 13.2 Å². The van der Waals surface area contributed by atoms with Gasteiger partial charge in [0.25, 0.3) is 0 Å². The maximum atomic E-state index is 12.1. The number of hydrogen-bond acceptors (Lipinski definition) is 2. The van der Waals surface area contributed by atoms with Crippen molar-refractivity contribution < 1.29 is 27.8 Å². The summed E-state index contributed by atoms with van der Waals surface area (Å²) < 4.78 is 40.9. The lowest BCUT2D eigenvalue weighted by atomic mass is 10.1. The first-order chi connectivity index (χ1) is 6.89. The van der Waals surface area contributed by atoms with Crippen LogP contribution in [0, 0.1) is 5.92 Å². The summed E-state index contributed by atoms with van der Waals surface area (Å²) in [5.41, 5.74) is 0. The minimum Gasteiger partial charge on any atom is -0.481 e. The molecule has 1 unspecified atom stereocenters. The molecular formula is C9H15F3O3. The van der Waals surface area contributed by atoms with Crippen LogP contribution in [0.4, 0.5) is 13.2 Å². The highest BCUT2D eigenvalue weighted by atomic mass is 19.4. The monoisotopic (exact) mass is 228 g/mol. The number of carboxylic acids is 1. The second kappa shape index (κ2) is 6.66. The van der Waals surface area contributed by atoms with Gasteiger partial charge in [-0.1, -0.05) is 19.8 Å². The van der Waals surface area contributed by atoms with E-state index in [9.17, 15) is 18.0 Å². The van der Waals surface area contributed by atoms with Gasteiger partial charge in [0.15, 0.2) is 5.92 Å². The minimum atomic E-state index is -4.74. The first-order valence-corrected chi connectivity index (χ1v) is 4.76. The van der Waals surface area contributed by atoms with Crippen molar-refractivity contribution in [3.63, 3.8) is 0 Å². The number of alkyl halides is 3. The molecule has 0 aromatic rings. The van der Waals surface area contributed by atoms with E-state index in [4.69, 9.17) is 5.11 Å². The Hall–Kier alpha value is -0.780. The van der Waals surface area contributed by atoms with Gasteiger partial charge in [0.05, 0.1) is 6.61 Å². The average Bonchev–Trinajstić information content (AvgIpc) is 2.08. The molecule has 0 spiro atoms. The van der Waals surface area contributed by atoms with Crippen LogP contribution in [0.15, 0.2) is 0 Å². The van der Waals surface area contributed by atoms with E-state index >= 15 is 0 Å². The van der Waals surface area contributed by atoms with Crippen LogP contribution in [0.25, 0.3) is 0 Å². The van der Waals surface area contributed by atoms with Crippen LogP contribution >= 0.6 is 0 Å². The second-order valence-corrected chi connectivity index (χ2v) is 3.21. The average molecular weight is 228 g/mol. The molecule has 0 aliphatic rings. The van der Waals surface area contributed by atoms with Gasteiger partial charge in [-0.3, -0.25) is 4.79 Å². The third-order valence-electron chi connectivity index (χ3n) is 1.87. The summed E-state index contributed by atoms with van der Waals surface area (Å²) in [6.07, 6.45) is -2.29. The molecular weight excluding hydrogens is 213 g/mol. The Morgan fingerprint density at radius 1 is 1.40 bits per heavy atom. The molecule has 3 nitrogen and oxygen atoms in total. The third-order valence-corrected chi connectivity index (χ3v) is 1.87. The largest absolute Gasteiger partial charge is 0.481 e. The SMILES string of the molecule is CCCCCOCC(C(=O)O)C(F)(F)F. The maximum absolute atomic E-state index is 12.1. The lowest BCUT2D eigenvalue weighted by Crippen LogP contribution is -2.34. The molecule has 0 rings (SSSR count). The molecule has 0 amide bonds. The van der Waals surface area contributed by atoms with Crippen LogP contribution in [0.2, 0.25) is 0 Å². The van der Waals surface area contributed by atoms with Crippen molar-refractivity contribution >= 4 is 5.97 Å². The van der Waals surface area contributed by atoms with Crippen LogP contribution in [-0.4, -0.2) is 30.5 Å². The number of carbonyl (C=O) groups is 1. The Morgan fingerprint density at radius 2 is 2.00 bits per heavy atom. The van der Waals surface area contributed by atoms with E-state index in [-0.39, 0.29) is 6.61 Å². The predicted octanol–water partition coefficient (Wildman–Crippen LogP) is 2.46. The van der Waals surface area contributed by atoms with Crippen molar-refractivity contribution in [1.82, 2.24) is 0 Å². The molecule has 0 fully saturated rings. The highest BCUT2D eigenvalue weighted by molar-refractivity contribution is 5.71. The molecule has 0 aliphatic carbocycles. The Kier molecular flexibility index (Phi) is 6.31. The fraction of sp³-hybridized carbons (Fsp3) is 0.889. The fourth-order valence-corrected chi connectivity index (χ4v) is 0.961. The number of carboxylic acid groups (broad SMARTS) is 1. The lowest BCUT2D eigenvalue weighted by molar-refractivity contribution is -0.202. The quantitative estimate of drug-likeness (QED) is 0.681. The molecule has 6 heteroatoms. The van der Waals surface area contributed by atoms with E-state index in [0.717, 1.165) is 12.8 Å². The van der Waals surface area contributed by atoms with Crippen LogP contribution in [0.3, 0.4) is 0 Å². The zero-order valence-corrected chi connectivity index (χ0v) is 8.51. The molecule has 0 aromatic carbocycles. The molecule has 15 heavy (non-hydrogen) atoms. The predicted molar refractivity (Wildman–Crippen MR) is 47.5 cm³/mol. The number of ether oxygens (including phenoxy) is 1. The molecule has 0 saturated heterocycles. The number of unbranched alkanes of at least 4 members (excludes halogenated alkanes) is 2. The van der Waals surface area contributed by atoms with Crippen molar-refractivity contribution in [2.45, 2.75) is 32.4 Å². The summed E-state index contributed by atoms with van der Waals surface area (Å²) in [5, 5.41) is 8.31. The third kappa shape index (κ3) is 6.33. The summed E-state index contributed by atoms with van der Waals surface area (Å²) in [4.78, 5) is 10.3. The van der Waals surface area contributed by atoms with Gasteiger partial charge in [-0.2, -0.15) is 13.2 Å². The molecule has 90 valence electrons. The van der Waals surface area contributed by atoms with E-state index in [1.54, 1.807) is 0 Å². The standard InChI is InChI=1S/C9H15F3O3/c1-2-3-4-5-15-6-7(8(13)14)9(10,11)12/h7H,2-6H2,1H3,(H,13,14). The molecule has 0 aromatic heterocycles. The molecule has 0 radical (unpaired) electrons. The number of aliphatic carboxylic acids is 1. The molecule has 1 atom stereocenters. The second-order valence-electron chi connectivity index (χ2n) is 3.21. The van der Waals surface area contributed by atoms with Gasteiger partial charge in [0.2, 0.25) is 0 Å². The summed E-state index contributed by atoms with van der Waals surface area (Å²) in [5.74, 6) is -4.31. The first-order valence-electron chi connectivity index (χ1n) is 4.76. The fourth-order valence-electron chi connectivity index (χ4n) is 0.961. The van der Waals surface area contributed by atoms with Crippen LogP contribution in [0.5, 0.6) is 0 Å². The van der Waals surface area contributed by atoms with E-state index in [1.165, 1.54) is 0 Å². The Bertz CT molecular complexity index is 192. The molecule has 0 bridgehead atoms. The minimum absolute atomic E-state index is 0.174. The van der Waals surface area contributed by atoms with E-state index < -0.39 is 24.7 Å². The Morgan fingerprint density at radius 3 is 2.40 bits per heavy atom. The normalized spacial score (nSPS) is 13.9. The van der Waals surface area contributed by atoms with Crippen LogP contribution < -0.4 is 0 Å². The first kappa shape index (κ1) is 14.2. The summed E-state index contributed by atoms with van der Waals surface area (Å²) in [6.45, 7) is 1.33. The van der Waals surface area contributed by atoms with Crippen molar-refractivity contribution in [2.24, 2.45) is 5.92 Å². The van der Waals surface area contributed by atoms with Gasteiger partial charge >= 0.3 is 12.1 Å². The van der Waals surface area contributed by atoms with Gasteiger partial charge in [-0.15, -0.1) is 0 Å². The van der Waals surface area contributed by atoms with Gasteiger partial charge in [0.1, 0.15) is 0 Å². The van der Waals surface area contributed by atoms with E-state index in [0.29, 0.717) is 6.42 Å². The van der Waals surface area contributed by atoms with Gasteiger partial charge in [0, 0.05) is 6.61 Å². The number of halogens is 3. The Balaban J connectivity index is 3.84. The summed E-state index contributed by atoms with van der Waals surface area (Å²) in [7, 11) is 0. The zero-order chi connectivity index (χ0) is 11.9. The topological polar surface area (TPSA) is 46.5 Å². The summed E-state index contributed by atoms with van der Waals surface area (Å²) in [6, 6.07) is 0. The maximum Gasteiger partial charge on any atom is 0.404 e. The Labute approximate surface area is 86.2 Å². The number of rotatable bonds is 7. The van der Waals surface area contributed by atoms with E-state index in [2.05, 4.69) is 4.74 Å². The number of hydrogen-bond donors (Lipinski definition) is 1. The highest BCUT2D eigenvalue weighted by Crippen LogP contribution is 2.26. The highest BCUT2D eigenvalue weighted by Gasteiger charge is 2.45. The smallest absolute Gasteiger partial charge is 0.404 e. The molecule has 1 N–H and O–H groups in total.